The maximum absolute atomic E-state index is 12.4. The minimum Gasteiger partial charge on any atom is -0.444 e. The van der Waals surface area contributed by atoms with Crippen molar-refractivity contribution in [2.24, 2.45) is 0 Å². The van der Waals surface area contributed by atoms with Crippen molar-refractivity contribution in [1.82, 2.24) is 10.6 Å². The SMILES string of the molecule is CC(C)(C)OC(=O)NCCNC(=O)C(C)(F)F. The van der Waals surface area contributed by atoms with Crippen LogP contribution in [-0.4, -0.2) is 36.6 Å². The molecule has 0 spiro atoms. The highest BCUT2D eigenvalue weighted by molar-refractivity contribution is 5.82. The third-order valence-corrected chi connectivity index (χ3v) is 1.48. The molecule has 0 aromatic heterocycles. The summed E-state index contributed by atoms with van der Waals surface area (Å²) in [7, 11) is 0. The highest BCUT2D eigenvalue weighted by Gasteiger charge is 2.31. The van der Waals surface area contributed by atoms with Gasteiger partial charge < -0.3 is 15.4 Å². The summed E-state index contributed by atoms with van der Waals surface area (Å²) in [5, 5.41) is 4.31. The second-order valence-corrected chi connectivity index (χ2v) is 4.57. The Labute approximate surface area is 98.9 Å². The summed E-state index contributed by atoms with van der Waals surface area (Å²) in [6.07, 6.45) is -0.657. The zero-order chi connectivity index (χ0) is 13.7. The Morgan fingerprint density at radius 1 is 1.06 bits per heavy atom. The summed E-state index contributed by atoms with van der Waals surface area (Å²) >= 11 is 0. The number of carbonyl (C=O) groups is 2. The van der Waals surface area contributed by atoms with Gasteiger partial charge in [-0.25, -0.2) is 4.79 Å². The maximum atomic E-state index is 12.4. The topological polar surface area (TPSA) is 67.4 Å². The Bertz CT molecular complexity index is 282. The molecule has 0 aromatic rings. The van der Waals surface area contributed by atoms with Crippen LogP contribution in [0.3, 0.4) is 0 Å². The molecule has 5 nitrogen and oxygen atoms in total. The molecular formula is C10H18F2N2O3. The molecule has 0 fully saturated rings. The van der Waals surface area contributed by atoms with E-state index in [0.29, 0.717) is 6.92 Å². The smallest absolute Gasteiger partial charge is 0.407 e. The molecule has 0 unspecified atom stereocenters. The molecule has 2 amide bonds. The fourth-order valence-corrected chi connectivity index (χ4v) is 0.810. The van der Waals surface area contributed by atoms with Crippen LogP contribution in [0.2, 0.25) is 0 Å². The van der Waals surface area contributed by atoms with Crippen LogP contribution in [0.4, 0.5) is 13.6 Å². The summed E-state index contributed by atoms with van der Waals surface area (Å²) < 4.78 is 29.7. The van der Waals surface area contributed by atoms with Crippen LogP contribution < -0.4 is 10.6 Å². The predicted octanol–water partition coefficient (Wildman–Crippen LogP) is 1.28. The molecule has 0 saturated heterocycles. The van der Waals surface area contributed by atoms with Crippen LogP contribution in [0.25, 0.3) is 0 Å². The first-order valence-corrected chi connectivity index (χ1v) is 5.15. The molecular weight excluding hydrogens is 234 g/mol. The number of carbonyl (C=O) groups excluding carboxylic acids is 2. The number of hydrogen-bond donors (Lipinski definition) is 2. The third kappa shape index (κ3) is 8.41. The molecule has 0 heterocycles. The minimum absolute atomic E-state index is 0.0245. The molecule has 0 aliphatic carbocycles. The lowest BCUT2D eigenvalue weighted by Crippen LogP contribution is -2.42. The standard InChI is InChI=1S/C10H18F2N2O3/c1-9(2,3)17-8(16)14-6-5-13-7(15)10(4,11)12/h5-6H2,1-4H3,(H,13,15)(H,14,16). The highest BCUT2D eigenvalue weighted by atomic mass is 19.3. The number of rotatable bonds is 4. The van der Waals surface area contributed by atoms with Gasteiger partial charge in [0, 0.05) is 20.0 Å². The van der Waals surface area contributed by atoms with Gasteiger partial charge in [-0.15, -0.1) is 0 Å². The van der Waals surface area contributed by atoms with Gasteiger partial charge in [-0.1, -0.05) is 0 Å². The number of hydrogen-bond acceptors (Lipinski definition) is 3. The molecule has 100 valence electrons. The Morgan fingerprint density at radius 2 is 1.53 bits per heavy atom. The number of halogens is 2. The van der Waals surface area contributed by atoms with Crippen molar-refractivity contribution in [3.63, 3.8) is 0 Å². The zero-order valence-electron chi connectivity index (χ0n) is 10.4. The van der Waals surface area contributed by atoms with Crippen LogP contribution in [0.15, 0.2) is 0 Å². The van der Waals surface area contributed by atoms with Crippen LogP contribution in [0.5, 0.6) is 0 Å². The van der Waals surface area contributed by atoms with Crippen molar-refractivity contribution in [2.75, 3.05) is 13.1 Å². The van der Waals surface area contributed by atoms with Crippen molar-refractivity contribution in [1.29, 1.82) is 0 Å². The molecule has 7 heteroatoms. The highest BCUT2D eigenvalue weighted by Crippen LogP contribution is 2.10. The van der Waals surface area contributed by atoms with Gasteiger partial charge in [0.15, 0.2) is 0 Å². The van der Waals surface area contributed by atoms with Gasteiger partial charge in [-0.2, -0.15) is 8.78 Å². The maximum Gasteiger partial charge on any atom is 0.407 e. The third-order valence-electron chi connectivity index (χ3n) is 1.48. The number of alkyl carbamates (subject to hydrolysis) is 1. The van der Waals surface area contributed by atoms with Crippen LogP contribution in [-0.2, 0) is 9.53 Å². The number of nitrogens with one attached hydrogen (secondary N) is 2. The van der Waals surface area contributed by atoms with Crippen molar-refractivity contribution in [3.8, 4) is 0 Å². The molecule has 0 atom stereocenters. The van der Waals surface area contributed by atoms with Crippen LogP contribution in [0.1, 0.15) is 27.7 Å². The van der Waals surface area contributed by atoms with Gasteiger partial charge in [0.25, 0.3) is 5.91 Å². The van der Waals surface area contributed by atoms with Gasteiger partial charge in [-0.05, 0) is 20.8 Å². The van der Waals surface area contributed by atoms with Crippen LogP contribution >= 0.6 is 0 Å². The van der Waals surface area contributed by atoms with E-state index in [9.17, 15) is 18.4 Å². The van der Waals surface area contributed by atoms with E-state index >= 15 is 0 Å². The molecule has 0 aliphatic rings. The predicted molar refractivity (Wildman–Crippen MR) is 57.9 cm³/mol. The summed E-state index contributed by atoms with van der Waals surface area (Å²) in [6.45, 7) is 5.55. The van der Waals surface area contributed by atoms with E-state index in [0.717, 1.165) is 0 Å². The monoisotopic (exact) mass is 252 g/mol. The van der Waals surface area contributed by atoms with Crippen molar-refractivity contribution >= 4 is 12.0 Å². The van der Waals surface area contributed by atoms with Gasteiger partial charge in [-0.3, -0.25) is 4.79 Å². The minimum atomic E-state index is -3.41. The Morgan fingerprint density at radius 3 is 1.94 bits per heavy atom. The lowest BCUT2D eigenvalue weighted by atomic mass is 10.2. The van der Waals surface area contributed by atoms with E-state index in [-0.39, 0.29) is 13.1 Å². The van der Waals surface area contributed by atoms with Gasteiger partial charge >= 0.3 is 12.0 Å². The molecule has 0 rings (SSSR count). The largest absolute Gasteiger partial charge is 0.444 e. The van der Waals surface area contributed by atoms with E-state index < -0.39 is 23.5 Å². The molecule has 0 aromatic carbocycles. The first-order chi connectivity index (χ1) is 7.52. The number of amides is 2. The fourth-order valence-electron chi connectivity index (χ4n) is 0.810. The quantitative estimate of drug-likeness (QED) is 0.741. The lowest BCUT2D eigenvalue weighted by Gasteiger charge is -2.19. The van der Waals surface area contributed by atoms with E-state index in [1.165, 1.54) is 0 Å². The van der Waals surface area contributed by atoms with E-state index in [1.807, 2.05) is 5.32 Å². The van der Waals surface area contributed by atoms with Gasteiger partial charge in [0.2, 0.25) is 0 Å². The summed E-state index contributed by atoms with van der Waals surface area (Å²) in [5.41, 5.74) is -0.621. The number of ether oxygens (including phenoxy) is 1. The first-order valence-electron chi connectivity index (χ1n) is 5.15. The fraction of sp³-hybridized carbons (Fsp3) is 0.800. The summed E-state index contributed by atoms with van der Waals surface area (Å²) in [6, 6.07) is 0. The van der Waals surface area contributed by atoms with Crippen molar-refractivity contribution < 1.29 is 23.1 Å². The second kappa shape index (κ2) is 5.79. The lowest BCUT2D eigenvalue weighted by molar-refractivity contribution is -0.142. The molecule has 0 radical (unpaired) electrons. The van der Waals surface area contributed by atoms with E-state index in [1.54, 1.807) is 20.8 Å². The van der Waals surface area contributed by atoms with Gasteiger partial charge in [0.05, 0.1) is 0 Å². The Balaban J connectivity index is 3.73. The van der Waals surface area contributed by atoms with Crippen LogP contribution in [0, 0.1) is 0 Å². The number of alkyl halides is 2. The van der Waals surface area contributed by atoms with Crippen molar-refractivity contribution in [3.05, 3.63) is 0 Å². The van der Waals surface area contributed by atoms with E-state index in [4.69, 9.17) is 4.74 Å². The Kier molecular flexibility index (Phi) is 5.31. The first kappa shape index (κ1) is 15.6. The molecule has 2 N–H and O–H groups in total. The average molecular weight is 252 g/mol. The molecule has 0 bridgehead atoms. The summed E-state index contributed by atoms with van der Waals surface area (Å²) in [5.74, 6) is -4.78. The zero-order valence-corrected chi connectivity index (χ0v) is 10.4. The Hall–Kier alpha value is -1.40. The molecule has 17 heavy (non-hydrogen) atoms. The van der Waals surface area contributed by atoms with E-state index in [2.05, 4.69) is 5.32 Å². The normalized spacial score (nSPS) is 11.9. The summed E-state index contributed by atoms with van der Waals surface area (Å²) in [4.78, 5) is 21.8. The average Bonchev–Trinajstić information content (AvgIpc) is 2.07. The van der Waals surface area contributed by atoms with Crippen molar-refractivity contribution in [2.45, 2.75) is 39.2 Å². The molecule has 0 aliphatic heterocycles. The van der Waals surface area contributed by atoms with Gasteiger partial charge in [0.1, 0.15) is 5.60 Å². The second-order valence-electron chi connectivity index (χ2n) is 4.57. The molecule has 0 saturated carbocycles.